The van der Waals surface area contributed by atoms with Crippen LogP contribution in [-0.4, -0.2) is 57.8 Å². The molecule has 172 valence electrons. The molecule has 0 spiro atoms. The zero-order chi connectivity index (χ0) is 23.9. The number of carbonyl (C=O) groups excluding carboxylic acids is 3. The van der Waals surface area contributed by atoms with Gasteiger partial charge in [-0.15, -0.1) is 0 Å². The Morgan fingerprint density at radius 2 is 1.97 bits per heavy atom. The van der Waals surface area contributed by atoms with Crippen molar-refractivity contribution in [2.24, 2.45) is 0 Å². The third-order valence-corrected chi connectivity index (χ3v) is 6.06. The molecular formula is C26H23N3O5. The van der Waals surface area contributed by atoms with Crippen LogP contribution < -0.4 is 0 Å². The Morgan fingerprint density at radius 1 is 1.21 bits per heavy atom. The predicted octanol–water partition coefficient (Wildman–Crippen LogP) is 3.07. The van der Waals surface area contributed by atoms with E-state index in [9.17, 15) is 14.4 Å². The fourth-order valence-corrected chi connectivity index (χ4v) is 4.01. The zero-order valence-electron chi connectivity index (χ0n) is 18.9. The van der Waals surface area contributed by atoms with Crippen molar-refractivity contribution in [3.05, 3.63) is 83.5 Å². The molecule has 1 aromatic carbocycles. The number of benzene rings is 1. The second-order valence-electron chi connectivity index (χ2n) is 8.57. The highest BCUT2D eigenvalue weighted by Gasteiger charge is 2.50. The molecule has 1 atom stereocenters. The van der Waals surface area contributed by atoms with E-state index in [0.29, 0.717) is 34.8 Å². The number of Topliss-reactive ketones (excluding diaryl/α,β-unsaturated/α-hetero) is 1. The monoisotopic (exact) mass is 457 g/mol. The van der Waals surface area contributed by atoms with E-state index in [1.165, 1.54) is 19.2 Å². The number of fused-ring (bicyclic) bond motifs is 2. The van der Waals surface area contributed by atoms with Gasteiger partial charge in [-0.3, -0.25) is 14.6 Å². The van der Waals surface area contributed by atoms with Crippen molar-refractivity contribution < 1.29 is 23.9 Å². The number of allylic oxidation sites excluding steroid dienone is 3. The number of ether oxygens (including phenoxy) is 2. The van der Waals surface area contributed by atoms with Gasteiger partial charge in [0.25, 0.3) is 0 Å². The third-order valence-electron chi connectivity index (χ3n) is 6.06. The molecule has 1 aromatic heterocycles. The predicted molar refractivity (Wildman–Crippen MR) is 123 cm³/mol. The van der Waals surface area contributed by atoms with Crippen LogP contribution in [0.2, 0.25) is 0 Å². The summed E-state index contributed by atoms with van der Waals surface area (Å²) in [5.41, 5.74) is 0.808. The van der Waals surface area contributed by atoms with Gasteiger partial charge in [-0.2, -0.15) is 0 Å². The molecule has 8 nitrogen and oxygen atoms in total. The molecule has 34 heavy (non-hydrogen) atoms. The number of hydrogen-bond donors (Lipinski definition) is 0. The fraction of sp³-hybridized carbons (Fsp3) is 0.269. The summed E-state index contributed by atoms with van der Waals surface area (Å²) in [6.07, 6.45) is 12.0. The van der Waals surface area contributed by atoms with Crippen LogP contribution in [0.1, 0.15) is 30.3 Å². The van der Waals surface area contributed by atoms with Gasteiger partial charge in [0.2, 0.25) is 17.2 Å². The summed E-state index contributed by atoms with van der Waals surface area (Å²) in [7, 11) is 1.61. The van der Waals surface area contributed by atoms with Crippen molar-refractivity contribution in [3.8, 4) is 0 Å². The van der Waals surface area contributed by atoms with Gasteiger partial charge >= 0.3 is 5.97 Å². The summed E-state index contributed by atoms with van der Waals surface area (Å²) in [6.45, 7) is 1.78. The van der Waals surface area contributed by atoms with Crippen molar-refractivity contribution in [1.29, 1.82) is 0 Å². The summed E-state index contributed by atoms with van der Waals surface area (Å²) < 4.78 is 10.6. The van der Waals surface area contributed by atoms with Crippen molar-refractivity contribution in [1.82, 2.24) is 14.9 Å². The summed E-state index contributed by atoms with van der Waals surface area (Å²) in [5, 5.41) is 0. The van der Waals surface area contributed by atoms with Crippen LogP contribution >= 0.6 is 0 Å². The van der Waals surface area contributed by atoms with Crippen molar-refractivity contribution in [2.75, 3.05) is 13.7 Å². The number of ketones is 2. The van der Waals surface area contributed by atoms with Gasteiger partial charge in [-0.1, -0.05) is 18.2 Å². The first-order valence-corrected chi connectivity index (χ1v) is 11.0. The molecule has 3 aliphatic rings. The van der Waals surface area contributed by atoms with E-state index in [-0.39, 0.29) is 5.69 Å². The Bertz CT molecular complexity index is 1330. The fourth-order valence-electron chi connectivity index (χ4n) is 4.01. The van der Waals surface area contributed by atoms with Gasteiger partial charge in [-0.25, -0.2) is 9.78 Å². The molecule has 0 saturated heterocycles. The molecule has 0 N–H and O–H groups in total. The van der Waals surface area contributed by atoms with Crippen LogP contribution in [0.4, 0.5) is 0 Å². The van der Waals surface area contributed by atoms with Crippen LogP contribution in [0.15, 0.2) is 77.8 Å². The Hall–Kier alpha value is -3.91. The van der Waals surface area contributed by atoms with E-state index >= 15 is 0 Å². The molecule has 2 heterocycles. The SMILES string of the molecule is COC/C=C/C1=CC2=CC(=O)C(C)(OC(=O)c3cnc4ccccc4n3)C(=O)C2=CN1C1CC1. The van der Waals surface area contributed by atoms with Crippen LogP contribution in [0.5, 0.6) is 0 Å². The quantitative estimate of drug-likeness (QED) is 0.482. The highest BCUT2D eigenvalue weighted by atomic mass is 16.6. The van der Waals surface area contributed by atoms with Gasteiger partial charge in [0.15, 0.2) is 5.69 Å². The van der Waals surface area contributed by atoms with Crippen LogP contribution in [-0.2, 0) is 19.1 Å². The number of esters is 1. The lowest BCUT2D eigenvalue weighted by molar-refractivity contribution is -0.145. The summed E-state index contributed by atoms with van der Waals surface area (Å²) in [5.74, 6) is -2.03. The topological polar surface area (TPSA) is 98.7 Å². The van der Waals surface area contributed by atoms with Gasteiger partial charge in [0.1, 0.15) is 0 Å². The van der Waals surface area contributed by atoms with Crippen LogP contribution in [0.25, 0.3) is 11.0 Å². The molecule has 1 saturated carbocycles. The van der Waals surface area contributed by atoms with Crippen molar-refractivity contribution in [2.45, 2.75) is 31.4 Å². The van der Waals surface area contributed by atoms with Gasteiger partial charge in [-0.05, 0) is 55.7 Å². The minimum Gasteiger partial charge on any atom is -0.438 e. The second kappa shape index (κ2) is 8.46. The molecule has 1 unspecified atom stereocenters. The van der Waals surface area contributed by atoms with Crippen LogP contribution in [0, 0.1) is 0 Å². The first-order valence-electron chi connectivity index (χ1n) is 11.0. The Morgan fingerprint density at radius 3 is 2.71 bits per heavy atom. The molecule has 0 bridgehead atoms. The average molecular weight is 457 g/mol. The molecule has 2 aliphatic carbocycles. The maximum atomic E-state index is 13.5. The first kappa shape index (κ1) is 21.9. The molecule has 0 radical (unpaired) electrons. The van der Waals surface area contributed by atoms with E-state index in [1.807, 2.05) is 29.2 Å². The third kappa shape index (κ3) is 3.86. The molecule has 1 fully saturated rings. The van der Waals surface area contributed by atoms with Gasteiger partial charge < -0.3 is 14.4 Å². The summed E-state index contributed by atoms with van der Waals surface area (Å²) in [4.78, 5) is 49.9. The van der Waals surface area contributed by atoms with E-state index < -0.39 is 23.1 Å². The van der Waals surface area contributed by atoms with E-state index in [4.69, 9.17) is 9.47 Å². The van der Waals surface area contributed by atoms with Crippen molar-refractivity contribution in [3.63, 3.8) is 0 Å². The molecule has 0 amide bonds. The van der Waals surface area contributed by atoms with Crippen LogP contribution in [0.3, 0.4) is 0 Å². The standard InChI is InChI=1S/C26H23N3O5/c1-26(34-25(32)22-14-27-20-7-3-4-8-21(20)28-22)23(30)13-16-12-18(6-5-11-33-2)29(17-9-10-17)15-19(16)24(26)31/h3-8,12-15,17H,9-11H2,1-2H3/b6-5+. The van der Waals surface area contributed by atoms with E-state index in [2.05, 4.69) is 9.97 Å². The summed E-state index contributed by atoms with van der Waals surface area (Å²) in [6, 6.07) is 7.38. The number of rotatable bonds is 6. The Kier molecular flexibility index (Phi) is 5.45. The Labute approximate surface area is 196 Å². The zero-order valence-corrected chi connectivity index (χ0v) is 18.9. The maximum absolute atomic E-state index is 13.5. The number of nitrogens with zero attached hydrogens (tertiary/aromatic N) is 3. The van der Waals surface area contributed by atoms with Gasteiger partial charge in [0, 0.05) is 30.6 Å². The highest BCUT2D eigenvalue weighted by molar-refractivity contribution is 6.26. The van der Waals surface area contributed by atoms with Gasteiger partial charge in [0.05, 0.1) is 23.8 Å². The number of para-hydroxylation sites is 2. The molecule has 1 aliphatic heterocycles. The molecule has 8 heteroatoms. The number of carbonyl (C=O) groups is 3. The van der Waals surface area contributed by atoms with E-state index in [0.717, 1.165) is 18.5 Å². The minimum atomic E-state index is -1.98. The lowest BCUT2D eigenvalue weighted by Gasteiger charge is -2.34. The normalized spacial score (nSPS) is 22.4. The lowest BCUT2D eigenvalue weighted by Crippen LogP contribution is -2.51. The minimum absolute atomic E-state index is 0.0713. The smallest absolute Gasteiger partial charge is 0.360 e. The number of methoxy groups -OCH3 is 1. The van der Waals surface area contributed by atoms with Crippen molar-refractivity contribution >= 4 is 28.6 Å². The summed E-state index contributed by atoms with van der Waals surface area (Å²) >= 11 is 0. The highest BCUT2D eigenvalue weighted by Crippen LogP contribution is 2.39. The number of hydrogen-bond acceptors (Lipinski definition) is 8. The lowest BCUT2D eigenvalue weighted by atomic mass is 9.79. The molecule has 5 rings (SSSR count). The maximum Gasteiger partial charge on any atom is 0.360 e. The number of aromatic nitrogens is 2. The second-order valence-corrected chi connectivity index (χ2v) is 8.57. The average Bonchev–Trinajstić information content (AvgIpc) is 3.68. The van der Waals surface area contributed by atoms with E-state index in [1.54, 1.807) is 31.5 Å². The largest absolute Gasteiger partial charge is 0.438 e. The Balaban J connectivity index is 1.45. The molecule has 2 aromatic rings. The first-order chi connectivity index (χ1) is 16.4. The molecular weight excluding hydrogens is 434 g/mol.